The third-order valence-corrected chi connectivity index (χ3v) is 6.99. The van der Waals surface area contributed by atoms with Crippen molar-refractivity contribution in [3.8, 4) is 0 Å². The minimum absolute atomic E-state index is 0.0785. The molecule has 0 radical (unpaired) electrons. The van der Waals surface area contributed by atoms with E-state index in [0.29, 0.717) is 4.21 Å². The maximum Gasteiger partial charge on any atom is 0.250 e. The minimum atomic E-state index is -3.35. The van der Waals surface area contributed by atoms with Crippen LogP contribution in [0.3, 0.4) is 0 Å². The molecule has 0 aromatic carbocycles. The molecule has 1 aliphatic carbocycles. The average Bonchev–Trinajstić information content (AvgIpc) is 3.12. The van der Waals surface area contributed by atoms with Gasteiger partial charge in [0.15, 0.2) is 0 Å². The summed E-state index contributed by atoms with van der Waals surface area (Å²) in [6, 6.07) is 3.74. The quantitative estimate of drug-likeness (QED) is 0.649. The highest BCUT2D eigenvalue weighted by Gasteiger charge is 2.28. The molecular weight excluding hydrogens is 304 g/mol. The van der Waals surface area contributed by atoms with Crippen LogP contribution in [0.2, 0.25) is 0 Å². The van der Waals surface area contributed by atoms with Gasteiger partial charge in [-0.3, -0.25) is 0 Å². The van der Waals surface area contributed by atoms with Crippen molar-refractivity contribution in [2.24, 2.45) is 5.92 Å². The van der Waals surface area contributed by atoms with Gasteiger partial charge in [0.1, 0.15) is 4.21 Å². The van der Waals surface area contributed by atoms with E-state index >= 15 is 0 Å². The lowest BCUT2D eigenvalue weighted by Gasteiger charge is -2.15. The Hall–Kier alpha value is -0.430. The Kier molecular flexibility index (Phi) is 6.22. The molecule has 1 fully saturated rings. The van der Waals surface area contributed by atoms with Crippen molar-refractivity contribution in [2.75, 3.05) is 13.1 Å². The van der Waals surface area contributed by atoms with E-state index in [1.54, 1.807) is 6.07 Å². The van der Waals surface area contributed by atoms with Gasteiger partial charge in [0.2, 0.25) is 10.0 Å². The molecule has 1 saturated carbocycles. The zero-order valence-electron chi connectivity index (χ0n) is 12.9. The van der Waals surface area contributed by atoms with Crippen molar-refractivity contribution in [1.29, 1.82) is 0 Å². The van der Waals surface area contributed by atoms with Crippen molar-refractivity contribution in [2.45, 2.75) is 56.2 Å². The first-order valence-electron chi connectivity index (χ1n) is 7.87. The number of thiophene rings is 1. The number of hydrogen-bond acceptors (Lipinski definition) is 4. The highest BCUT2D eigenvalue weighted by molar-refractivity contribution is 7.91. The van der Waals surface area contributed by atoms with Crippen molar-refractivity contribution in [3.63, 3.8) is 0 Å². The largest absolute Gasteiger partial charge is 0.317 e. The summed E-state index contributed by atoms with van der Waals surface area (Å²) < 4.78 is 28.2. The van der Waals surface area contributed by atoms with Gasteiger partial charge in [0, 0.05) is 10.9 Å². The summed E-state index contributed by atoms with van der Waals surface area (Å²) in [5.41, 5.74) is 0. The molecule has 1 unspecified atom stereocenters. The van der Waals surface area contributed by atoms with Gasteiger partial charge in [-0.25, -0.2) is 13.1 Å². The Labute approximate surface area is 132 Å². The third-order valence-electron chi connectivity index (χ3n) is 3.83. The van der Waals surface area contributed by atoms with Crippen LogP contribution in [0.1, 0.15) is 44.4 Å². The first kappa shape index (κ1) is 16.9. The molecular formula is C15H26N2O2S2. The molecule has 1 atom stereocenters. The number of rotatable bonds is 10. The van der Waals surface area contributed by atoms with E-state index in [1.165, 1.54) is 24.2 Å². The van der Waals surface area contributed by atoms with E-state index in [9.17, 15) is 8.42 Å². The number of likely N-dealkylation sites (N-methyl/N-ethyl adjacent to an activating group) is 1. The lowest BCUT2D eigenvalue weighted by Crippen LogP contribution is -2.34. The van der Waals surface area contributed by atoms with Crippen molar-refractivity contribution < 1.29 is 8.42 Å². The number of hydrogen-bond donors (Lipinski definition) is 2. The number of sulfonamides is 1. The topological polar surface area (TPSA) is 58.2 Å². The molecule has 0 saturated heterocycles. The Morgan fingerprint density at radius 3 is 2.71 bits per heavy atom. The van der Waals surface area contributed by atoms with Gasteiger partial charge in [0.05, 0.1) is 0 Å². The van der Waals surface area contributed by atoms with Crippen LogP contribution in [0.15, 0.2) is 16.3 Å². The van der Waals surface area contributed by atoms with E-state index in [0.717, 1.165) is 43.1 Å². The standard InChI is InChI=1S/C15H26N2O2S2/c1-3-13(11-12-5-6-12)17-21(18,19)15-8-7-14(20-15)9-10-16-4-2/h7-8,12-13,16-17H,3-6,9-11H2,1-2H3. The SMILES string of the molecule is CCNCCc1ccc(S(=O)(=O)NC(CC)CC2CC2)s1. The minimum Gasteiger partial charge on any atom is -0.317 e. The molecule has 2 N–H and O–H groups in total. The van der Waals surface area contributed by atoms with Crippen LogP contribution >= 0.6 is 11.3 Å². The Morgan fingerprint density at radius 1 is 1.33 bits per heavy atom. The van der Waals surface area contributed by atoms with Crippen molar-refractivity contribution >= 4 is 21.4 Å². The Bertz CT molecular complexity index is 536. The molecule has 1 aromatic heterocycles. The molecule has 2 rings (SSSR count). The smallest absolute Gasteiger partial charge is 0.250 e. The molecule has 0 aliphatic heterocycles. The first-order chi connectivity index (χ1) is 10.0. The monoisotopic (exact) mass is 330 g/mol. The molecule has 1 aromatic rings. The normalized spacial score (nSPS) is 17.0. The van der Waals surface area contributed by atoms with Gasteiger partial charge >= 0.3 is 0 Å². The van der Waals surface area contributed by atoms with E-state index in [4.69, 9.17) is 0 Å². The van der Waals surface area contributed by atoms with Gasteiger partial charge in [-0.2, -0.15) is 0 Å². The summed E-state index contributed by atoms with van der Waals surface area (Å²) in [5, 5.41) is 3.26. The summed E-state index contributed by atoms with van der Waals surface area (Å²) in [5.74, 6) is 0.733. The Balaban J connectivity index is 1.94. The molecule has 1 heterocycles. The Morgan fingerprint density at radius 2 is 2.10 bits per heavy atom. The fraction of sp³-hybridized carbons (Fsp3) is 0.733. The fourth-order valence-electron chi connectivity index (χ4n) is 2.36. The molecule has 0 spiro atoms. The second-order valence-corrected chi connectivity index (χ2v) is 8.84. The summed E-state index contributed by atoms with van der Waals surface area (Å²) in [4.78, 5) is 1.12. The highest BCUT2D eigenvalue weighted by atomic mass is 32.2. The molecule has 4 nitrogen and oxygen atoms in total. The van der Waals surface area contributed by atoms with Gasteiger partial charge in [-0.15, -0.1) is 11.3 Å². The molecule has 120 valence electrons. The lowest BCUT2D eigenvalue weighted by atomic mass is 10.1. The van der Waals surface area contributed by atoms with Crippen LogP contribution in [0, 0.1) is 5.92 Å². The van der Waals surface area contributed by atoms with E-state index in [-0.39, 0.29) is 6.04 Å². The van der Waals surface area contributed by atoms with Crippen LogP contribution in [0.25, 0.3) is 0 Å². The van der Waals surface area contributed by atoms with Crippen LogP contribution in [-0.4, -0.2) is 27.5 Å². The van der Waals surface area contributed by atoms with Crippen molar-refractivity contribution in [3.05, 3.63) is 17.0 Å². The van der Waals surface area contributed by atoms with Gasteiger partial charge in [-0.1, -0.05) is 26.7 Å². The zero-order chi connectivity index (χ0) is 15.3. The highest BCUT2D eigenvalue weighted by Crippen LogP contribution is 2.34. The molecule has 0 amide bonds. The van der Waals surface area contributed by atoms with Crippen molar-refractivity contribution in [1.82, 2.24) is 10.0 Å². The van der Waals surface area contributed by atoms with Crippen LogP contribution in [0.5, 0.6) is 0 Å². The van der Waals surface area contributed by atoms with Gasteiger partial charge in [0.25, 0.3) is 0 Å². The summed E-state index contributed by atoms with van der Waals surface area (Å²) in [7, 11) is -3.35. The average molecular weight is 331 g/mol. The number of nitrogens with one attached hydrogen (secondary N) is 2. The zero-order valence-corrected chi connectivity index (χ0v) is 14.5. The van der Waals surface area contributed by atoms with Crippen LogP contribution in [-0.2, 0) is 16.4 Å². The molecule has 6 heteroatoms. The second-order valence-electron chi connectivity index (χ2n) is 5.73. The van der Waals surface area contributed by atoms with Crippen LogP contribution in [0.4, 0.5) is 0 Å². The first-order valence-corrected chi connectivity index (χ1v) is 10.2. The lowest BCUT2D eigenvalue weighted by molar-refractivity contribution is 0.496. The molecule has 21 heavy (non-hydrogen) atoms. The summed E-state index contributed by atoms with van der Waals surface area (Å²) >= 11 is 1.39. The molecule has 0 bridgehead atoms. The second kappa shape index (κ2) is 7.72. The van der Waals surface area contributed by atoms with E-state index in [2.05, 4.69) is 17.0 Å². The van der Waals surface area contributed by atoms with Gasteiger partial charge < -0.3 is 5.32 Å². The van der Waals surface area contributed by atoms with Crippen LogP contribution < -0.4 is 10.0 Å². The maximum atomic E-state index is 12.4. The van der Waals surface area contributed by atoms with E-state index in [1.807, 2.05) is 13.0 Å². The third kappa shape index (κ3) is 5.36. The predicted molar refractivity (Wildman–Crippen MR) is 88.3 cm³/mol. The van der Waals surface area contributed by atoms with E-state index < -0.39 is 10.0 Å². The predicted octanol–water partition coefficient (Wildman–Crippen LogP) is 2.76. The molecule has 1 aliphatic rings. The summed E-state index contributed by atoms with van der Waals surface area (Å²) in [6.45, 7) is 5.95. The maximum absolute atomic E-state index is 12.4. The summed E-state index contributed by atoms with van der Waals surface area (Å²) in [6.07, 6.45) is 5.23. The fourth-order valence-corrected chi connectivity index (χ4v) is 5.06. The van der Waals surface area contributed by atoms with Gasteiger partial charge in [-0.05, 0) is 50.4 Å².